The molecule has 0 aromatic rings. The Morgan fingerprint density at radius 2 is 0.792 bits per heavy atom. The van der Waals surface area contributed by atoms with E-state index in [1.807, 2.05) is 0 Å². The number of rotatable bonds is 44. The predicted molar refractivity (Wildman–Crippen MR) is 228 cm³/mol. The predicted octanol–water partition coefficient (Wildman–Crippen LogP) is 13.8. The van der Waals surface area contributed by atoms with Crippen LogP contribution in [-0.4, -0.2) is 60.9 Å². The van der Waals surface area contributed by atoms with E-state index in [1.165, 1.54) is 167 Å². The van der Waals surface area contributed by atoms with Crippen LogP contribution in [0.5, 0.6) is 0 Å². The molecule has 0 aromatic carbocycles. The van der Waals surface area contributed by atoms with E-state index in [0.29, 0.717) is 19.4 Å². The fourth-order valence-corrected chi connectivity index (χ4v) is 7.38. The fraction of sp³-hybridized carbons (Fsp3) is 0.957. The molecule has 6 heteroatoms. The molecule has 0 rings (SSSR count). The molecular formula is C47H93NO5. The average molecular weight is 752 g/mol. The Morgan fingerprint density at radius 1 is 0.434 bits per heavy atom. The van der Waals surface area contributed by atoms with Gasteiger partial charge in [0.15, 0.2) is 0 Å². The Morgan fingerprint density at radius 3 is 1.25 bits per heavy atom. The second kappa shape index (κ2) is 43.6. The number of aliphatic hydroxyl groups excluding tert-OH is 1. The van der Waals surface area contributed by atoms with Crippen LogP contribution in [0.15, 0.2) is 0 Å². The lowest BCUT2D eigenvalue weighted by Gasteiger charge is -2.22. The van der Waals surface area contributed by atoms with Crippen molar-refractivity contribution in [1.29, 1.82) is 0 Å². The van der Waals surface area contributed by atoms with Gasteiger partial charge in [-0.2, -0.15) is 0 Å². The lowest BCUT2D eigenvalue weighted by atomic mass is 10.0. The Bertz CT molecular complexity index is 730. The SMILES string of the molecule is CCCCCCCCCCCOC(=O)CCCCCCCN(CCCO)CCCCCCCC(=O)OC(CCCCCCCC)CCCCCCCC. The highest BCUT2D eigenvalue weighted by molar-refractivity contribution is 5.69. The van der Waals surface area contributed by atoms with E-state index in [-0.39, 0.29) is 24.6 Å². The first-order valence-corrected chi connectivity index (χ1v) is 23.8. The van der Waals surface area contributed by atoms with Gasteiger partial charge in [-0.15, -0.1) is 0 Å². The molecule has 0 bridgehead atoms. The number of unbranched alkanes of at least 4 members (excludes halogenated alkanes) is 26. The summed E-state index contributed by atoms with van der Waals surface area (Å²) in [4.78, 5) is 27.3. The molecule has 0 aromatic heterocycles. The minimum Gasteiger partial charge on any atom is -0.466 e. The molecule has 0 fully saturated rings. The highest BCUT2D eigenvalue weighted by Gasteiger charge is 2.14. The number of carbonyl (C=O) groups excluding carboxylic acids is 2. The maximum absolute atomic E-state index is 12.7. The van der Waals surface area contributed by atoms with Crippen molar-refractivity contribution in [1.82, 2.24) is 4.90 Å². The topological polar surface area (TPSA) is 76.1 Å². The van der Waals surface area contributed by atoms with Crippen LogP contribution in [-0.2, 0) is 19.1 Å². The summed E-state index contributed by atoms with van der Waals surface area (Å²) in [7, 11) is 0. The monoisotopic (exact) mass is 752 g/mol. The van der Waals surface area contributed by atoms with E-state index >= 15 is 0 Å². The van der Waals surface area contributed by atoms with Crippen molar-refractivity contribution in [2.75, 3.05) is 32.8 Å². The van der Waals surface area contributed by atoms with Gasteiger partial charge in [0.1, 0.15) is 6.10 Å². The molecule has 0 saturated carbocycles. The summed E-state index contributed by atoms with van der Waals surface area (Å²) in [6.07, 6.45) is 42.2. The number of carbonyl (C=O) groups is 2. The third-order valence-electron chi connectivity index (χ3n) is 10.9. The van der Waals surface area contributed by atoms with Crippen molar-refractivity contribution in [2.24, 2.45) is 0 Å². The van der Waals surface area contributed by atoms with Crippen LogP contribution in [0.4, 0.5) is 0 Å². The molecule has 0 aliphatic carbocycles. The van der Waals surface area contributed by atoms with Crippen molar-refractivity contribution >= 4 is 11.9 Å². The molecular weight excluding hydrogens is 659 g/mol. The minimum atomic E-state index is -0.0223. The molecule has 1 N–H and O–H groups in total. The molecule has 0 atom stereocenters. The number of nitrogens with zero attached hydrogens (tertiary/aromatic N) is 1. The van der Waals surface area contributed by atoms with Gasteiger partial charge in [-0.25, -0.2) is 0 Å². The molecule has 0 aliphatic heterocycles. The second-order valence-electron chi connectivity index (χ2n) is 16.2. The van der Waals surface area contributed by atoms with Crippen LogP contribution < -0.4 is 0 Å². The summed E-state index contributed by atoms with van der Waals surface area (Å²) in [6, 6.07) is 0. The molecule has 316 valence electrons. The van der Waals surface area contributed by atoms with Crippen molar-refractivity contribution in [3.8, 4) is 0 Å². The molecule has 53 heavy (non-hydrogen) atoms. The first-order valence-electron chi connectivity index (χ1n) is 23.8. The van der Waals surface area contributed by atoms with Crippen molar-refractivity contribution in [3.05, 3.63) is 0 Å². The van der Waals surface area contributed by atoms with Gasteiger partial charge >= 0.3 is 11.9 Å². The molecule has 0 saturated heterocycles. The third-order valence-corrected chi connectivity index (χ3v) is 10.9. The molecule has 0 spiro atoms. The number of esters is 2. The Labute approximate surface area is 331 Å². The van der Waals surface area contributed by atoms with Crippen molar-refractivity contribution in [2.45, 2.75) is 258 Å². The highest BCUT2D eigenvalue weighted by Crippen LogP contribution is 2.19. The van der Waals surface area contributed by atoms with Crippen LogP contribution in [0.1, 0.15) is 252 Å². The summed E-state index contributed by atoms with van der Waals surface area (Å²) in [6.45, 7) is 10.8. The van der Waals surface area contributed by atoms with E-state index in [0.717, 1.165) is 71.0 Å². The van der Waals surface area contributed by atoms with Crippen molar-refractivity contribution < 1.29 is 24.2 Å². The quantitative estimate of drug-likeness (QED) is 0.0493. The Balaban J connectivity index is 3.99. The van der Waals surface area contributed by atoms with Gasteiger partial charge in [0.05, 0.1) is 6.61 Å². The average Bonchev–Trinajstić information content (AvgIpc) is 3.15. The molecule has 0 radical (unpaired) electrons. The summed E-state index contributed by atoms with van der Waals surface area (Å²) in [5.41, 5.74) is 0. The van der Waals surface area contributed by atoms with Gasteiger partial charge in [-0.3, -0.25) is 9.59 Å². The van der Waals surface area contributed by atoms with E-state index in [4.69, 9.17) is 9.47 Å². The summed E-state index contributed by atoms with van der Waals surface area (Å²) in [5.74, 6) is -0.00246. The van der Waals surface area contributed by atoms with Crippen LogP contribution in [0.2, 0.25) is 0 Å². The van der Waals surface area contributed by atoms with Crippen LogP contribution in [0, 0.1) is 0 Å². The smallest absolute Gasteiger partial charge is 0.306 e. The van der Waals surface area contributed by atoms with Crippen LogP contribution in [0.3, 0.4) is 0 Å². The summed E-state index contributed by atoms with van der Waals surface area (Å²) >= 11 is 0. The largest absolute Gasteiger partial charge is 0.466 e. The van der Waals surface area contributed by atoms with Crippen LogP contribution in [0.25, 0.3) is 0 Å². The van der Waals surface area contributed by atoms with Gasteiger partial charge in [-0.05, 0) is 77.3 Å². The molecule has 0 unspecified atom stereocenters. The Hall–Kier alpha value is -1.14. The van der Waals surface area contributed by atoms with Crippen molar-refractivity contribution in [3.63, 3.8) is 0 Å². The first kappa shape index (κ1) is 51.9. The minimum absolute atomic E-state index is 0.0198. The zero-order chi connectivity index (χ0) is 38.7. The van der Waals surface area contributed by atoms with Gasteiger partial charge < -0.3 is 19.5 Å². The zero-order valence-corrected chi connectivity index (χ0v) is 36.1. The molecule has 0 heterocycles. The van der Waals surface area contributed by atoms with Gasteiger partial charge in [-0.1, -0.05) is 175 Å². The maximum Gasteiger partial charge on any atom is 0.306 e. The highest BCUT2D eigenvalue weighted by atomic mass is 16.5. The maximum atomic E-state index is 12.7. The molecule has 0 amide bonds. The zero-order valence-electron chi connectivity index (χ0n) is 36.1. The van der Waals surface area contributed by atoms with E-state index in [9.17, 15) is 14.7 Å². The van der Waals surface area contributed by atoms with Crippen LogP contribution >= 0.6 is 0 Å². The molecule has 6 nitrogen and oxygen atoms in total. The van der Waals surface area contributed by atoms with Gasteiger partial charge in [0.25, 0.3) is 0 Å². The fourth-order valence-electron chi connectivity index (χ4n) is 7.38. The third kappa shape index (κ3) is 40.3. The number of hydrogen-bond acceptors (Lipinski definition) is 6. The van der Waals surface area contributed by atoms with E-state index in [1.54, 1.807) is 0 Å². The first-order chi connectivity index (χ1) is 26.1. The van der Waals surface area contributed by atoms with E-state index in [2.05, 4.69) is 25.7 Å². The van der Waals surface area contributed by atoms with E-state index < -0.39 is 0 Å². The normalized spacial score (nSPS) is 11.6. The second-order valence-corrected chi connectivity index (χ2v) is 16.2. The molecule has 0 aliphatic rings. The lowest BCUT2D eigenvalue weighted by Crippen LogP contribution is -2.27. The van der Waals surface area contributed by atoms with Gasteiger partial charge in [0, 0.05) is 26.0 Å². The number of hydrogen-bond donors (Lipinski definition) is 1. The lowest BCUT2D eigenvalue weighted by molar-refractivity contribution is -0.150. The Kier molecular flexibility index (Phi) is 42.6. The summed E-state index contributed by atoms with van der Waals surface area (Å²) < 4.78 is 11.5. The number of ether oxygens (including phenoxy) is 2. The number of aliphatic hydroxyl groups is 1. The standard InChI is InChI=1S/C47H93NO5/c1-4-7-10-13-16-17-18-27-34-44-52-46(50)38-30-23-19-25-32-40-48(42-35-43-49)41-33-26-20-24-31-39-47(51)53-45(36-28-21-14-11-8-5-2)37-29-22-15-12-9-6-3/h45,49H,4-44H2,1-3H3. The van der Waals surface area contributed by atoms with Gasteiger partial charge in [0.2, 0.25) is 0 Å². The summed E-state index contributed by atoms with van der Waals surface area (Å²) in [5, 5.41) is 9.39.